The Morgan fingerprint density at radius 1 is 1.26 bits per heavy atom. The molecule has 0 radical (unpaired) electrons. The highest BCUT2D eigenvalue weighted by Crippen LogP contribution is 2.48. The number of allylic oxidation sites excluding steroid dienone is 1. The van der Waals surface area contributed by atoms with E-state index >= 15 is 0 Å². The fraction of sp³-hybridized carbons (Fsp3) is 0.429. The smallest absolute Gasteiger partial charge is 0.243 e. The maximum atomic E-state index is 9.75. The summed E-state index contributed by atoms with van der Waals surface area (Å²) >= 11 is 1.76. The molecule has 6 heteroatoms. The number of aromatic nitrogens is 2. The van der Waals surface area contributed by atoms with Gasteiger partial charge in [0.15, 0.2) is 0 Å². The van der Waals surface area contributed by atoms with E-state index in [-0.39, 0.29) is 11.8 Å². The summed E-state index contributed by atoms with van der Waals surface area (Å²) < 4.78 is 5.69. The molecular formula is C21H24N4OS. The molecule has 1 fully saturated rings. The number of aromatic amines is 1. The number of hydrogen-bond donors (Lipinski definition) is 2. The van der Waals surface area contributed by atoms with E-state index in [0.29, 0.717) is 17.4 Å². The van der Waals surface area contributed by atoms with Crippen molar-refractivity contribution in [3.8, 4) is 11.9 Å². The Balaban J connectivity index is 1.64. The summed E-state index contributed by atoms with van der Waals surface area (Å²) in [5, 5.41) is 17.3. The number of fused-ring (bicyclic) bond motifs is 1. The van der Waals surface area contributed by atoms with Crippen molar-refractivity contribution in [2.45, 2.75) is 55.6 Å². The molecule has 1 aromatic heterocycles. The van der Waals surface area contributed by atoms with E-state index in [4.69, 9.17) is 10.5 Å². The molecule has 1 aromatic carbocycles. The molecule has 4 rings (SSSR count). The zero-order valence-corrected chi connectivity index (χ0v) is 16.3. The molecule has 0 unspecified atom stereocenters. The Kier molecular flexibility index (Phi) is 5.13. The van der Waals surface area contributed by atoms with E-state index in [1.54, 1.807) is 11.8 Å². The number of nitrogens with two attached hydrogens (primary N) is 1. The zero-order valence-electron chi connectivity index (χ0n) is 15.5. The Morgan fingerprint density at radius 2 is 2.00 bits per heavy atom. The summed E-state index contributed by atoms with van der Waals surface area (Å²) in [5.41, 5.74) is 9.95. The van der Waals surface area contributed by atoms with Crippen LogP contribution >= 0.6 is 11.8 Å². The van der Waals surface area contributed by atoms with Crippen molar-refractivity contribution >= 4 is 11.8 Å². The topological polar surface area (TPSA) is 87.7 Å². The Bertz CT molecular complexity index is 888. The van der Waals surface area contributed by atoms with Crippen LogP contribution in [0, 0.1) is 24.2 Å². The molecule has 2 aliphatic rings. The average Bonchev–Trinajstić information content (AvgIpc) is 3.09. The summed E-state index contributed by atoms with van der Waals surface area (Å²) in [6.07, 6.45) is 5.94. The fourth-order valence-corrected chi connectivity index (χ4v) is 5.05. The van der Waals surface area contributed by atoms with Crippen LogP contribution < -0.4 is 10.5 Å². The highest BCUT2D eigenvalue weighted by atomic mass is 32.2. The lowest BCUT2D eigenvalue weighted by atomic mass is 9.73. The highest BCUT2D eigenvalue weighted by molar-refractivity contribution is 7.98. The van der Waals surface area contributed by atoms with Crippen molar-refractivity contribution in [3.63, 3.8) is 0 Å². The molecule has 2 heterocycles. The number of thioether (sulfide) groups is 1. The third-order valence-corrected chi connectivity index (χ3v) is 6.63. The zero-order chi connectivity index (χ0) is 18.8. The van der Waals surface area contributed by atoms with Gasteiger partial charge in [0, 0.05) is 22.1 Å². The van der Waals surface area contributed by atoms with Crippen molar-refractivity contribution in [1.82, 2.24) is 10.2 Å². The van der Waals surface area contributed by atoms with Crippen molar-refractivity contribution in [1.29, 1.82) is 5.26 Å². The number of hydrogen-bond acceptors (Lipinski definition) is 5. The number of H-pyrrole nitrogens is 1. The van der Waals surface area contributed by atoms with E-state index < -0.39 is 0 Å². The van der Waals surface area contributed by atoms with Gasteiger partial charge < -0.3 is 10.5 Å². The molecule has 0 bridgehead atoms. The van der Waals surface area contributed by atoms with E-state index in [0.717, 1.165) is 29.9 Å². The lowest BCUT2D eigenvalue weighted by Gasteiger charge is -2.33. The van der Waals surface area contributed by atoms with Gasteiger partial charge in [0.05, 0.1) is 11.3 Å². The molecule has 1 aliphatic carbocycles. The Labute approximate surface area is 164 Å². The lowest BCUT2D eigenvalue weighted by molar-refractivity contribution is 0.296. The van der Waals surface area contributed by atoms with Crippen molar-refractivity contribution in [2.75, 3.05) is 0 Å². The molecule has 0 spiro atoms. The number of rotatable bonds is 4. The monoisotopic (exact) mass is 380 g/mol. The van der Waals surface area contributed by atoms with Crippen LogP contribution in [-0.2, 0) is 5.75 Å². The second-order valence-electron chi connectivity index (χ2n) is 7.39. The third-order valence-electron chi connectivity index (χ3n) is 5.59. The molecule has 2 aromatic rings. The first-order valence-electron chi connectivity index (χ1n) is 9.51. The van der Waals surface area contributed by atoms with Crippen LogP contribution in [0.2, 0.25) is 0 Å². The molecule has 1 saturated carbocycles. The van der Waals surface area contributed by atoms with Crippen LogP contribution in [-0.4, -0.2) is 10.2 Å². The first-order chi connectivity index (χ1) is 13.2. The highest BCUT2D eigenvalue weighted by Gasteiger charge is 2.39. The summed E-state index contributed by atoms with van der Waals surface area (Å²) in [6, 6.07) is 10.8. The van der Waals surface area contributed by atoms with Crippen LogP contribution in [0.15, 0.2) is 40.6 Å². The lowest BCUT2D eigenvalue weighted by Crippen LogP contribution is -2.26. The van der Waals surface area contributed by atoms with E-state index in [9.17, 15) is 5.26 Å². The fourth-order valence-electron chi connectivity index (χ4n) is 4.19. The van der Waals surface area contributed by atoms with Gasteiger partial charge in [0.25, 0.3) is 0 Å². The quantitative estimate of drug-likeness (QED) is 0.747. The van der Waals surface area contributed by atoms with Crippen molar-refractivity contribution in [2.24, 2.45) is 11.7 Å². The minimum atomic E-state index is -0.00795. The normalized spacial score (nSPS) is 20.1. The Morgan fingerprint density at radius 3 is 2.70 bits per heavy atom. The van der Waals surface area contributed by atoms with Crippen LogP contribution in [0.4, 0.5) is 0 Å². The van der Waals surface area contributed by atoms with Gasteiger partial charge in [-0.15, -0.1) is 16.9 Å². The minimum Gasteiger partial charge on any atom is -0.420 e. The molecule has 140 valence electrons. The number of ether oxygens (including phenoxy) is 1. The second-order valence-corrected chi connectivity index (χ2v) is 8.44. The summed E-state index contributed by atoms with van der Waals surface area (Å²) in [5.74, 6) is 1.93. The van der Waals surface area contributed by atoms with Crippen molar-refractivity contribution < 1.29 is 4.74 Å². The number of benzene rings is 1. The molecule has 5 nitrogen and oxygen atoms in total. The maximum Gasteiger partial charge on any atom is 0.243 e. The van der Waals surface area contributed by atoms with Crippen molar-refractivity contribution in [3.05, 3.63) is 52.5 Å². The molecular weight excluding hydrogens is 356 g/mol. The largest absolute Gasteiger partial charge is 0.420 e. The average molecular weight is 381 g/mol. The van der Waals surface area contributed by atoms with Crippen LogP contribution in [0.25, 0.3) is 0 Å². The van der Waals surface area contributed by atoms with Gasteiger partial charge >= 0.3 is 0 Å². The third kappa shape index (κ3) is 3.57. The van der Waals surface area contributed by atoms with Gasteiger partial charge in [-0.2, -0.15) is 5.26 Å². The van der Waals surface area contributed by atoms with E-state index in [1.165, 1.54) is 29.7 Å². The SMILES string of the molecule is Cc1ccc(SCc2[nH]nc3c2[C@H](C2CCCCC2)C(C#N)=C(N)O3)cc1. The number of nitriles is 1. The van der Waals surface area contributed by atoms with E-state index in [2.05, 4.69) is 47.5 Å². The molecule has 3 N–H and O–H groups in total. The minimum absolute atomic E-state index is 0.00795. The predicted octanol–water partition coefficient (Wildman–Crippen LogP) is 4.76. The van der Waals surface area contributed by atoms with Crippen LogP contribution in [0.1, 0.15) is 54.8 Å². The van der Waals surface area contributed by atoms with Gasteiger partial charge in [-0.1, -0.05) is 37.0 Å². The number of nitrogens with zero attached hydrogens (tertiary/aromatic N) is 2. The standard InChI is InChI=1S/C21H24N4OS/c1-13-7-9-15(10-8-13)27-12-17-19-18(14-5-3-2-4-6-14)16(11-22)20(23)26-21(19)25-24-17/h7-10,14,18H,2-6,12,23H2,1H3,(H,24,25)/t18-/m1/s1. The number of aryl methyl sites for hydroxylation is 1. The maximum absolute atomic E-state index is 9.75. The summed E-state index contributed by atoms with van der Waals surface area (Å²) in [7, 11) is 0. The number of nitrogens with one attached hydrogen (secondary N) is 1. The van der Waals surface area contributed by atoms with Gasteiger partial charge in [-0.3, -0.25) is 5.10 Å². The molecule has 1 aliphatic heterocycles. The molecule has 1 atom stereocenters. The second kappa shape index (κ2) is 7.69. The molecule has 0 amide bonds. The molecule has 0 saturated heterocycles. The first-order valence-corrected chi connectivity index (χ1v) is 10.5. The van der Waals surface area contributed by atoms with Gasteiger partial charge in [-0.25, -0.2) is 0 Å². The van der Waals surface area contributed by atoms with E-state index in [1.807, 2.05) is 0 Å². The molecule has 27 heavy (non-hydrogen) atoms. The first kappa shape index (κ1) is 18.0. The predicted molar refractivity (Wildman–Crippen MR) is 106 cm³/mol. The van der Waals surface area contributed by atoms with Gasteiger partial charge in [-0.05, 0) is 37.8 Å². The van der Waals surface area contributed by atoms with Gasteiger partial charge in [0.2, 0.25) is 11.8 Å². The van der Waals surface area contributed by atoms with Gasteiger partial charge in [0.1, 0.15) is 6.07 Å². The summed E-state index contributed by atoms with van der Waals surface area (Å²) in [6.45, 7) is 2.09. The Hall–Kier alpha value is -2.39. The summed E-state index contributed by atoms with van der Waals surface area (Å²) in [4.78, 5) is 1.21. The van der Waals surface area contributed by atoms with Crippen LogP contribution in [0.5, 0.6) is 5.88 Å². The van der Waals surface area contributed by atoms with Crippen LogP contribution in [0.3, 0.4) is 0 Å².